The summed E-state index contributed by atoms with van der Waals surface area (Å²) in [5, 5.41) is 2.33. The SMILES string of the molecule is CCCCC(=O)N1CCC(C(=O)Nc2c(F)cccc2F)CC1. The van der Waals surface area contributed by atoms with Crippen LogP contribution >= 0.6 is 0 Å². The number of carbonyl (C=O) groups is 2. The number of halogens is 2. The van der Waals surface area contributed by atoms with Crippen molar-refractivity contribution < 1.29 is 18.4 Å². The molecule has 0 spiro atoms. The van der Waals surface area contributed by atoms with E-state index in [9.17, 15) is 18.4 Å². The van der Waals surface area contributed by atoms with E-state index in [1.54, 1.807) is 4.90 Å². The number of nitrogens with one attached hydrogen (secondary N) is 1. The Labute approximate surface area is 134 Å². The lowest BCUT2D eigenvalue weighted by Gasteiger charge is -2.31. The maximum absolute atomic E-state index is 13.6. The molecular formula is C17H22F2N2O2. The molecule has 1 aliphatic heterocycles. The number of hydrogen-bond acceptors (Lipinski definition) is 2. The number of hydrogen-bond donors (Lipinski definition) is 1. The second-order valence-electron chi connectivity index (χ2n) is 5.84. The monoisotopic (exact) mass is 324 g/mol. The fourth-order valence-corrected chi connectivity index (χ4v) is 2.72. The van der Waals surface area contributed by atoms with Gasteiger partial charge in [-0.1, -0.05) is 19.4 Å². The van der Waals surface area contributed by atoms with Gasteiger partial charge in [0, 0.05) is 25.4 Å². The average molecular weight is 324 g/mol. The third kappa shape index (κ3) is 4.50. The van der Waals surface area contributed by atoms with E-state index in [1.165, 1.54) is 6.07 Å². The van der Waals surface area contributed by atoms with Gasteiger partial charge in [0.1, 0.15) is 17.3 Å². The molecule has 4 nitrogen and oxygen atoms in total. The van der Waals surface area contributed by atoms with Crippen LogP contribution in [-0.2, 0) is 9.59 Å². The van der Waals surface area contributed by atoms with Gasteiger partial charge >= 0.3 is 0 Å². The van der Waals surface area contributed by atoms with Crippen LogP contribution in [0.25, 0.3) is 0 Å². The van der Waals surface area contributed by atoms with E-state index in [1.807, 2.05) is 6.92 Å². The number of amides is 2. The molecule has 1 saturated heterocycles. The summed E-state index contributed by atoms with van der Waals surface area (Å²) in [5.41, 5.74) is -0.404. The van der Waals surface area contributed by atoms with Crippen LogP contribution in [0.15, 0.2) is 18.2 Å². The number of nitrogens with zero attached hydrogens (tertiary/aromatic N) is 1. The van der Waals surface area contributed by atoms with Crippen LogP contribution in [0.3, 0.4) is 0 Å². The maximum Gasteiger partial charge on any atom is 0.227 e. The molecule has 2 rings (SSSR count). The van der Waals surface area contributed by atoms with Gasteiger partial charge in [-0.05, 0) is 31.4 Å². The molecule has 0 bridgehead atoms. The van der Waals surface area contributed by atoms with Crippen molar-refractivity contribution in [3.63, 3.8) is 0 Å². The number of unbranched alkanes of at least 4 members (excludes halogenated alkanes) is 1. The predicted octanol–water partition coefficient (Wildman–Crippen LogP) is 3.33. The molecule has 2 amide bonds. The molecule has 6 heteroatoms. The molecule has 1 aromatic rings. The van der Waals surface area contributed by atoms with Crippen LogP contribution in [0, 0.1) is 17.6 Å². The zero-order chi connectivity index (χ0) is 16.8. The minimum Gasteiger partial charge on any atom is -0.343 e. The van der Waals surface area contributed by atoms with Crippen molar-refractivity contribution in [1.29, 1.82) is 0 Å². The number of rotatable bonds is 5. The number of anilines is 1. The first-order valence-corrected chi connectivity index (χ1v) is 8.05. The summed E-state index contributed by atoms with van der Waals surface area (Å²) in [6.45, 7) is 3.06. The molecule has 1 aromatic carbocycles. The minimum atomic E-state index is -0.787. The Morgan fingerprint density at radius 3 is 2.39 bits per heavy atom. The van der Waals surface area contributed by atoms with E-state index in [4.69, 9.17) is 0 Å². The van der Waals surface area contributed by atoms with E-state index in [-0.39, 0.29) is 11.8 Å². The van der Waals surface area contributed by atoms with Gasteiger partial charge in [0.25, 0.3) is 0 Å². The highest BCUT2D eigenvalue weighted by Crippen LogP contribution is 2.23. The molecule has 0 radical (unpaired) electrons. The van der Waals surface area contributed by atoms with E-state index in [0.717, 1.165) is 25.0 Å². The Morgan fingerprint density at radius 2 is 1.83 bits per heavy atom. The third-order valence-electron chi connectivity index (χ3n) is 4.17. The highest BCUT2D eigenvalue weighted by molar-refractivity contribution is 5.93. The zero-order valence-corrected chi connectivity index (χ0v) is 13.3. The second kappa shape index (κ2) is 8.04. The highest BCUT2D eigenvalue weighted by Gasteiger charge is 2.28. The molecule has 0 unspecified atom stereocenters. The van der Waals surface area contributed by atoms with Crippen molar-refractivity contribution in [3.05, 3.63) is 29.8 Å². The first-order chi connectivity index (χ1) is 11.0. The van der Waals surface area contributed by atoms with Crippen molar-refractivity contribution in [2.24, 2.45) is 5.92 Å². The Bertz CT molecular complexity index is 549. The van der Waals surface area contributed by atoms with E-state index in [2.05, 4.69) is 5.32 Å². The van der Waals surface area contributed by atoms with Crippen molar-refractivity contribution in [2.45, 2.75) is 39.0 Å². The van der Waals surface area contributed by atoms with Gasteiger partial charge < -0.3 is 10.2 Å². The summed E-state index contributed by atoms with van der Waals surface area (Å²) < 4.78 is 27.1. The van der Waals surface area contributed by atoms with Crippen LogP contribution < -0.4 is 5.32 Å². The van der Waals surface area contributed by atoms with Gasteiger partial charge in [-0.25, -0.2) is 8.78 Å². The predicted molar refractivity (Wildman–Crippen MR) is 83.8 cm³/mol. The molecule has 23 heavy (non-hydrogen) atoms. The first kappa shape index (κ1) is 17.4. The Kier molecular flexibility index (Phi) is 6.07. The van der Waals surface area contributed by atoms with Gasteiger partial charge in [-0.2, -0.15) is 0 Å². The minimum absolute atomic E-state index is 0.117. The Balaban J connectivity index is 1.88. The summed E-state index contributed by atoms with van der Waals surface area (Å²) >= 11 is 0. The highest BCUT2D eigenvalue weighted by atomic mass is 19.1. The quantitative estimate of drug-likeness (QED) is 0.903. The van der Waals surface area contributed by atoms with E-state index < -0.39 is 23.2 Å². The molecular weight excluding hydrogens is 302 g/mol. The van der Waals surface area contributed by atoms with Crippen LogP contribution in [0.5, 0.6) is 0 Å². The molecule has 1 heterocycles. The second-order valence-corrected chi connectivity index (χ2v) is 5.84. The van der Waals surface area contributed by atoms with Gasteiger partial charge in [-0.3, -0.25) is 9.59 Å². The average Bonchev–Trinajstić information content (AvgIpc) is 2.56. The third-order valence-corrected chi connectivity index (χ3v) is 4.17. The normalized spacial score (nSPS) is 15.5. The van der Waals surface area contributed by atoms with E-state index >= 15 is 0 Å². The first-order valence-electron chi connectivity index (χ1n) is 8.05. The molecule has 126 valence electrons. The van der Waals surface area contributed by atoms with Crippen LogP contribution in [0.1, 0.15) is 39.0 Å². The van der Waals surface area contributed by atoms with Crippen molar-refractivity contribution in [1.82, 2.24) is 4.90 Å². The van der Waals surface area contributed by atoms with Crippen LogP contribution in [0.2, 0.25) is 0 Å². The maximum atomic E-state index is 13.6. The summed E-state index contributed by atoms with van der Waals surface area (Å²) in [6, 6.07) is 3.46. The van der Waals surface area contributed by atoms with Gasteiger partial charge in [0.15, 0.2) is 0 Å². The van der Waals surface area contributed by atoms with Crippen LogP contribution in [0.4, 0.5) is 14.5 Å². The number of carbonyl (C=O) groups excluding carboxylic acids is 2. The largest absolute Gasteiger partial charge is 0.343 e. The fraction of sp³-hybridized carbons (Fsp3) is 0.529. The smallest absolute Gasteiger partial charge is 0.227 e. The number of likely N-dealkylation sites (tertiary alicyclic amines) is 1. The Hall–Kier alpha value is -1.98. The summed E-state index contributed by atoms with van der Waals surface area (Å²) in [5.74, 6) is -2.18. The molecule has 1 N–H and O–H groups in total. The fourth-order valence-electron chi connectivity index (χ4n) is 2.72. The molecule has 0 saturated carbocycles. The van der Waals surface area contributed by atoms with Gasteiger partial charge in [-0.15, -0.1) is 0 Å². The Morgan fingerprint density at radius 1 is 1.22 bits per heavy atom. The van der Waals surface area contributed by atoms with Crippen molar-refractivity contribution >= 4 is 17.5 Å². The van der Waals surface area contributed by atoms with Crippen molar-refractivity contribution in [3.8, 4) is 0 Å². The van der Waals surface area contributed by atoms with Gasteiger partial charge in [0.2, 0.25) is 11.8 Å². The molecule has 0 aliphatic carbocycles. The van der Waals surface area contributed by atoms with Crippen LogP contribution in [-0.4, -0.2) is 29.8 Å². The van der Waals surface area contributed by atoms with E-state index in [0.29, 0.717) is 32.4 Å². The summed E-state index contributed by atoms with van der Waals surface area (Å²) in [4.78, 5) is 25.9. The topological polar surface area (TPSA) is 49.4 Å². The summed E-state index contributed by atoms with van der Waals surface area (Å²) in [6.07, 6.45) is 3.40. The lowest BCUT2D eigenvalue weighted by Crippen LogP contribution is -2.41. The molecule has 1 aliphatic rings. The molecule has 0 aromatic heterocycles. The molecule has 1 fully saturated rings. The van der Waals surface area contributed by atoms with Gasteiger partial charge in [0.05, 0.1) is 0 Å². The molecule has 0 atom stereocenters. The number of benzene rings is 1. The standard InChI is InChI=1S/C17H22F2N2O2/c1-2-3-7-15(22)21-10-8-12(9-11-21)17(23)20-16-13(18)5-4-6-14(16)19/h4-6,12H,2-3,7-11H2,1H3,(H,20,23). The number of para-hydroxylation sites is 1. The lowest BCUT2D eigenvalue weighted by atomic mass is 9.95. The van der Waals surface area contributed by atoms with Crippen molar-refractivity contribution in [2.75, 3.05) is 18.4 Å². The lowest BCUT2D eigenvalue weighted by molar-refractivity contribution is -0.134. The zero-order valence-electron chi connectivity index (χ0n) is 13.3. The number of piperidine rings is 1. The summed E-state index contributed by atoms with van der Waals surface area (Å²) in [7, 11) is 0.